The van der Waals surface area contributed by atoms with Crippen molar-refractivity contribution in [2.24, 2.45) is 10.7 Å². The highest BCUT2D eigenvalue weighted by Gasteiger charge is 2.06. The zero-order valence-corrected chi connectivity index (χ0v) is 14.3. The Morgan fingerprint density at radius 2 is 1.65 bits per heavy atom. The Morgan fingerprint density at radius 1 is 1.04 bits per heavy atom. The minimum Gasteiger partial charge on any atom is -0.493 e. The molecule has 0 aliphatic rings. The number of hydrogen-bond donors (Lipinski definition) is 2. The third-order valence-electron chi connectivity index (χ3n) is 2.85. The third kappa shape index (κ3) is 5.00. The largest absolute Gasteiger partial charge is 0.493 e. The van der Waals surface area contributed by atoms with Gasteiger partial charge in [0.15, 0.2) is 11.5 Å². The number of rotatable bonds is 4. The van der Waals surface area contributed by atoms with Gasteiger partial charge in [-0.15, -0.1) is 12.4 Å². The van der Waals surface area contributed by atoms with Gasteiger partial charge in [0.05, 0.1) is 14.2 Å². The first-order valence-corrected chi connectivity index (χ1v) is 6.67. The van der Waals surface area contributed by atoms with Crippen LogP contribution < -0.4 is 20.5 Å². The van der Waals surface area contributed by atoms with E-state index in [-0.39, 0.29) is 18.4 Å². The number of anilines is 1. The molecule has 0 unspecified atom stereocenters. The quantitative estimate of drug-likeness (QED) is 0.657. The van der Waals surface area contributed by atoms with Gasteiger partial charge >= 0.3 is 0 Å². The molecule has 7 nitrogen and oxygen atoms in total. The monoisotopic (exact) mass is 337 g/mol. The summed E-state index contributed by atoms with van der Waals surface area (Å²) in [6.45, 7) is 3.76. The van der Waals surface area contributed by atoms with Crippen molar-refractivity contribution in [1.82, 2.24) is 9.97 Å². The van der Waals surface area contributed by atoms with E-state index in [0.29, 0.717) is 17.4 Å². The molecule has 3 N–H and O–H groups in total. The van der Waals surface area contributed by atoms with Crippen LogP contribution in [0.2, 0.25) is 0 Å². The maximum Gasteiger partial charge on any atom is 0.253 e. The zero-order valence-electron chi connectivity index (χ0n) is 13.5. The van der Waals surface area contributed by atoms with E-state index >= 15 is 0 Å². The highest BCUT2D eigenvalue weighted by molar-refractivity contribution is 5.93. The molecule has 1 aromatic carbocycles. The van der Waals surface area contributed by atoms with Gasteiger partial charge in [-0.3, -0.25) is 0 Å². The van der Waals surface area contributed by atoms with E-state index in [9.17, 15) is 0 Å². The maximum atomic E-state index is 5.89. The number of nitrogens with zero attached hydrogens (tertiary/aromatic N) is 3. The van der Waals surface area contributed by atoms with Gasteiger partial charge in [-0.1, -0.05) is 0 Å². The molecule has 0 fully saturated rings. The molecule has 0 radical (unpaired) electrons. The number of nitrogens with two attached hydrogens (primary N) is 1. The Kier molecular flexibility index (Phi) is 6.59. The molecule has 23 heavy (non-hydrogen) atoms. The lowest BCUT2D eigenvalue weighted by molar-refractivity contribution is 0.355. The van der Waals surface area contributed by atoms with Crippen molar-refractivity contribution in [2.45, 2.75) is 13.8 Å². The van der Waals surface area contributed by atoms with Gasteiger partial charge in [-0.2, -0.15) is 4.99 Å². The summed E-state index contributed by atoms with van der Waals surface area (Å²) in [5.41, 5.74) is 8.29. The number of aliphatic imine (C=N–C) groups is 1. The average Bonchev–Trinajstić information content (AvgIpc) is 2.45. The minimum atomic E-state index is 0. The van der Waals surface area contributed by atoms with Crippen LogP contribution in [-0.4, -0.2) is 30.1 Å². The third-order valence-corrected chi connectivity index (χ3v) is 2.85. The van der Waals surface area contributed by atoms with Crippen LogP contribution >= 0.6 is 12.4 Å². The summed E-state index contributed by atoms with van der Waals surface area (Å²) in [6.07, 6.45) is 0. The molecule has 124 valence electrons. The molecule has 0 bridgehead atoms. The molecule has 0 spiro atoms. The topological polar surface area (TPSA) is 94.7 Å². The summed E-state index contributed by atoms with van der Waals surface area (Å²) < 4.78 is 10.4. The SMILES string of the molecule is COc1ccc(N/C(N)=N/c2nc(C)cc(C)n2)cc1OC.Cl. The van der Waals surface area contributed by atoms with E-state index in [1.54, 1.807) is 26.4 Å². The Bertz CT molecular complexity index is 686. The minimum absolute atomic E-state index is 0. The van der Waals surface area contributed by atoms with Gasteiger partial charge in [0, 0.05) is 23.1 Å². The fourth-order valence-corrected chi connectivity index (χ4v) is 1.95. The van der Waals surface area contributed by atoms with Crippen LogP contribution in [0.5, 0.6) is 11.5 Å². The smallest absolute Gasteiger partial charge is 0.253 e. The van der Waals surface area contributed by atoms with E-state index in [4.69, 9.17) is 15.2 Å². The fourth-order valence-electron chi connectivity index (χ4n) is 1.95. The first-order chi connectivity index (χ1) is 10.5. The molecule has 2 aromatic rings. The van der Waals surface area contributed by atoms with Crippen molar-refractivity contribution < 1.29 is 9.47 Å². The van der Waals surface area contributed by atoms with Gasteiger partial charge in [0.25, 0.3) is 5.95 Å². The van der Waals surface area contributed by atoms with Crippen molar-refractivity contribution in [1.29, 1.82) is 0 Å². The highest BCUT2D eigenvalue weighted by atomic mass is 35.5. The van der Waals surface area contributed by atoms with Crippen LogP contribution in [0.3, 0.4) is 0 Å². The van der Waals surface area contributed by atoms with E-state index in [1.165, 1.54) is 0 Å². The van der Waals surface area contributed by atoms with Crippen molar-refractivity contribution >= 4 is 30.0 Å². The van der Waals surface area contributed by atoms with Crippen LogP contribution in [0, 0.1) is 13.8 Å². The average molecular weight is 338 g/mol. The number of nitrogens with one attached hydrogen (secondary N) is 1. The van der Waals surface area contributed by atoms with Gasteiger partial charge in [-0.25, -0.2) is 9.97 Å². The second-order valence-electron chi connectivity index (χ2n) is 4.64. The second kappa shape index (κ2) is 8.19. The lowest BCUT2D eigenvalue weighted by Gasteiger charge is -2.10. The number of aromatic nitrogens is 2. The molecule has 0 atom stereocenters. The lowest BCUT2D eigenvalue weighted by atomic mass is 10.3. The molecule has 1 heterocycles. The van der Waals surface area contributed by atoms with Crippen LogP contribution in [0.25, 0.3) is 0 Å². The number of ether oxygens (including phenoxy) is 2. The maximum absolute atomic E-state index is 5.89. The number of halogens is 1. The standard InChI is InChI=1S/C15H19N5O2.ClH/c1-9-7-10(2)18-15(17-9)20-14(16)19-11-5-6-12(21-3)13(8-11)22-4;/h5-8H,1-4H3,(H3,16,17,18,19,20);1H. The number of methoxy groups -OCH3 is 2. The second-order valence-corrected chi connectivity index (χ2v) is 4.64. The molecule has 8 heteroatoms. The summed E-state index contributed by atoms with van der Waals surface area (Å²) in [6, 6.07) is 7.23. The molecule has 2 rings (SSSR count). The molecular formula is C15H20ClN5O2. The predicted octanol–water partition coefficient (Wildman–Crippen LogP) is 2.59. The van der Waals surface area contributed by atoms with E-state index in [1.807, 2.05) is 26.0 Å². The van der Waals surface area contributed by atoms with Crippen LogP contribution in [-0.2, 0) is 0 Å². The molecule has 0 aliphatic heterocycles. The predicted molar refractivity (Wildman–Crippen MR) is 93.2 cm³/mol. The first kappa shape index (κ1) is 18.5. The number of aryl methyl sites for hydroxylation is 2. The fraction of sp³-hybridized carbons (Fsp3) is 0.267. The van der Waals surface area contributed by atoms with Crippen molar-refractivity contribution in [2.75, 3.05) is 19.5 Å². The number of benzene rings is 1. The molecule has 0 aliphatic carbocycles. The van der Waals surface area contributed by atoms with Crippen molar-refractivity contribution in [3.05, 3.63) is 35.7 Å². The molecule has 0 amide bonds. The normalized spacial score (nSPS) is 10.7. The van der Waals surface area contributed by atoms with E-state index in [0.717, 1.165) is 17.1 Å². The van der Waals surface area contributed by atoms with Gasteiger partial charge in [0.1, 0.15) is 0 Å². The van der Waals surface area contributed by atoms with Gasteiger partial charge < -0.3 is 20.5 Å². The zero-order chi connectivity index (χ0) is 16.1. The highest BCUT2D eigenvalue weighted by Crippen LogP contribution is 2.29. The number of hydrogen-bond acceptors (Lipinski definition) is 5. The summed E-state index contributed by atoms with van der Waals surface area (Å²) >= 11 is 0. The van der Waals surface area contributed by atoms with Crippen LogP contribution in [0.1, 0.15) is 11.4 Å². The van der Waals surface area contributed by atoms with Crippen LogP contribution in [0.4, 0.5) is 11.6 Å². The lowest BCUT2D eigenvalue weighted by Crippen LogP contribution is -2.22. The van der Waals surface area contributed by atoms with E-state index < -0.39 is 0 Å². The van der Waals surface area contributed by atoms with E-state index in [2.05, 4.69) is 20.3 Å². The Morgan fingerprint density at radius 3 is 2.22 bits per heavy atom. The first-order valence-electron chi connectivity index (χ1n) is 6.67. The molecule has 0 saturated heterocycles. The van der Waals surface area contributed by atoms with Crippen molar-refractivity contribution in [3.8, 4) is 11.5 Å². The summed E-state index contributed by atoms with van der Waals surface area (Å²) in [4.78, 5) is 12.6. The number of guanidine groups is 1. The Labute approximate surface area is 141 Å². The van der Waals surface area contributed by atoms with Gasteiger partial charge in [-0.05, 0) is 32.0 Å². The molecule has 1 aromatic heterocycles. The molecule has 0 saturated carbocycles. The van der Waals surface area contributed by atoms with Crippen LogP contribution in [0.15, 0.2) is 29.3 Å². The van der Waals surface area contributed by atoms with Gasteiger partial charge in [0.2, 0.25) is 5.96 Å². The molecular weight excluding hydrogens is 318 g/mol. The summed E-state index contributed by atoms with van der Waals surface area (Å²) in [5, 5.41) is 2.97. The summed E-state index contributed by atoms with van der Waals surface area (Å²) in [7, 11) is 3.15. The Hall–Kier alpha value is -2.54. The summed E-state index contributed by atoms with van der Waals surface area (Å²) in [5.74, 6) is 1.75. The van der Waals surface area contributed by atoms with Crippen molar-refractivity contribution in [3.63, 3.8) is 0 Å². The Balaban J connectivity index is 0.00000264.